The van der Waals surface area contributed by atoms with Crippen LogP contribution in [0.1, 0.15) is 52.8 Å². The number of imidazole rings is 1. The molecular weight excluding hydrogens is 502 g/mol. The van der Waals surface area contributed by atoms with Crippen LogP contribution in [0.2, 0.25) is 0 Å². The predicted octanol–water partition coefficient (Wildman–Crippen LogP) is 3.72. The van der Waals surface area contributed by atoms with Crippen LogP contribution in [-0.4, -0.2) is 56.2 Å². The SMILES string of the molecule is Cn1nccc1-c1nc2cnc(-n3nccn3)cc2n1C1CCCC(NC(=O)c2ncc(C(F)F)s2)C1. The van der Waals surface area contributed by atoms with E-state index in [0.717, 1.165) is 59.3 Å². The summed E-state index contributed by atoms with van der Waals surface area (Å²) in [7, 11) is 1.86. The number of carbonyl (C=O) groups is 1. The standard InChI is InChI=1S/C23H22F2N10OS/c1-33-16(5-6-28-33)21-32-15-11-26-19(35-29-7-8-30-35)10-17(15)34(21)14-4-2-3-13(9-14)31-22(36)23-27-12-18(37-23)20(24)25/h5-8,10-14,20H,2-4,9H2,1H3,(H,31,36). The second-order valence-corrected chi connectivity index (χ2v) is 9.92. The van der Waals surface area contributed by atoms with Crippen LogP contribution < -0.4 is 5.32 Å². The van der Waals surface area contributed by atoms with Gasteiger partial charge in [0.15, 0.2) is 16.6 Å². The molecule has 1 amide bonds. The van der Waals surface area contributed by atoms with Crippen molar-refractivity contribution < 1.29 is 13.6 Å². The van der Waals surface area contributed by atoms with Crippen LogP contribution >= 0.6 is 11.3 Å². The van der Waals surface area contributed by atoms with Crippen molar-refractivity contribution in [2.24, 2.45) is 7.05 Å². The summed E-state index contributed by atoms with van der Waals surface area (Å²) in [6, 6.07) is 3.69. The van der Waals surface area contributed by atoms with E-state index >= 15 is 0 Å². The lowest BCUT2D eigenvalue weighted by atomic mass is 9.90. The number of aromatic nitrogens is 9. The molecule has 14 heteroatoms. The van der Waals surface area contributed by atoms with E-state index in [1.54, 1.807) is 29.5 Å². The number of rotatable bonds is 6. The quantitative estimate of drug-likeness (QED) is 0.359. The fourth-order valence-electron chi connectivity index (χ4n) is 4.84. The van der Waals surface area contributed by atoms with Crippen molar-refractivity contribution in [3.63, 3.8) is 0 Å². The number of amides is 1. The Morgan fingerprint density at radius 2 is 1.97 bits per heavy atom. The average Bonchev–Trinajstić information content (AvgIpc) is 3.70. The molecule has 2 atom stereocenters. The van der Waals surface area contributed by atoms with E-state index in [4.69, 9.17) is 4.98 Å². The molecule has 5 aromatic heterocycles. The van der Waals surface area contributed by atoms with Gasteiger partial charge in [-0.2, -0.15) is 15.3 Å². The first-order chi connectivity index (χ1) is 18.0. The smallest absolute Gasteiger partial charge is 0.280 e. The Bertz CT molecular complexity index is 1560. The van der Waals surface area contributed by atoms with E-state index in [0.29, 0.717) is 12.2 Å². The summed E-state index contributed by atoms with van der Waals surface area (Å²) in [6.45, 7) is 0. The molecule has 1 N–H and O–H groups in total. The van der Waals surface area contributed by atoms with Crippen LogP contribution in [0.15, 0.2) is 43.1 Å². The number of nitrogens with zero attached hydrogens (tertiary/aromatic N) is 9. The molecule has 2 unspecified atom stereocenters. The molecule has 11 nitrogen and oxygen atoms in total. The number of alkyl halides is 2. The summed E-state index contributed by atoms with van der Waals surface area (Å²) in [5.41, 5.74) is 2.45. The maximum Gasteiger partial charge on any atom is 0.280 e. The van der Waals surface area contributed by atoms with Gasteiger partial charge in [0.05, 0.1) is 29.0 Å². The number of pyridine rings is 1. The molecule has 0 bridgehead atoms. The predicted molar refractivity (Wildman–Crippen MR) is 130 cm³/mol. The Hall–Kier alpha value is -4.07. The molecule has 0 saturated heterocycles. The van der Waals surface area contributed by atoms with Crippen LogP contribution in [0.25, 0.3) is 28.4 Å². The first-order valence-electron chi connectivity index (χ1n) is 11.8. The molecule has 6 rings (SSSR count). The number of hydrogen-bond acceptors (Lipinski definition) is 8. The van der Waals surface area contributed by atoms with Gasteiger partial charge in [0.25, 0.3) is 12.3 Å². The van der Waals surface area contributed by atoms with Crippen LogP contribution in [0.3, 0.4) is 0 Å². The molecule has 1 fully saturated rings. The minimum atomic E-state index is -2.64. The van der Waals surface area contributed by atoms with E-state index in [9.17, 15) is 13.6 Å². The summed E-state index contributed by atoms with van der Waals surface area (Å²) < 4.78 is 29.8. The van der Waals surface area contributed by atoms with Crippen LogP contribution in [0, 0.1) is 0 Å². The summed E-state index contributed by atoms with van der Waals surface area (Å²) in [5, 5.41) is 15.7. The Labute approximate surface area is 213 Å². The third-order valence-electron chi connectivity index (χ3n) is 6.51. The normalized spacial score (nSPS) is 18.1. The van der Waals surface area contributed by atoms with E-state index < -0.39 is 12.3 Å². The van der Waals surface area contributed by atoms with Crippen LogP contribution in [-0.2, 0) is 7.05 Å². The maximum atomic E-state index is 12.9. The largest absolute Gasteiger partial charge is 0.347 e. The topological polar surface area (TPSA) is 121 Å². The van der Waals surface area contributed by atoms with Gasteiger partial charge in [0, 0.05) is 37.6 Å². The Kier molecular flexibility index (Phi) is 5.94. The molecule has 5 aromatic rings. The number of fused-ring (bicyclic) bond motifs is 1. The van der Waals surface area contributed by atoms with Gasteiger partial charge in [-0.25, -0.2) is 23.7 Å². The van der Waals surface area contributed by atoms with E-state index in [2.05, 4.69) is 35.1 Å². The second-order valence-electron chi connectivity index (χ2n) is 8.85. The lowest BCUT2D eigenvalue weighted by molar-refractivity contribution is 0.0920. The zero-order valence-corrected chi connectivity index (χ0v) is 20.5. The third kappa shape index (κ3) is 4.37. The van der Waals surface area contributed by atoms with Gasteiger partial charge < -0.3 is 9.88 Å². The minimum absolute atomic E-state index is 0.0164. The number of hydrogen-bond donors (Lipinski definition) is 1. The molecule has 0 aliphatic heterocycles. The number of nitrogens with one attached hydrogen (secondary N) is 1. The summed E-state index contributed by atoms with van der Waals surface area (Å²) >= 11 is 0.721. The third-order valence-corrected chi connectivity index (χ3v) is 7.52. The van der Waals surface area contributed by atoms with Crippen LogP contribution in [0.5, 0.6) is 0 Å². The lowest BCUT2D eigenvalue weighted by Gasteiger charge is -2.31. The second kappa shape index (κ2) is 9.42. The first kappa shape index (κ1) is 23.3. The summed E-state index contributed by atoms with van der Waals surface area (Å²) in [6.07, 6.45) is 8.21. The van der Waals surface area contributed by atoms with Gasteiger partial charge in [-0.15, -0.1) is 16.1 Å². The molecule has 1 aliphatic carbocycles. The van der Waals surface area contributed by atoms with Crippen molar-refractivity contribution in [2.45, 2.75) is 44.2 Å². The highest BCUT2D eigenvalue weighted by Crippen LogP contribution is 2.36. The summed E-state index contributed by atoms with van der Waals surface area (Å²) in [5.74, 6) is 0.886. The molecule has 1 saturated carbocycles. The fraction of sp³-hybridized carbons (Fsp3) is 0.348. The maximum absolute atomic E-state index is 12.9. The van der Waals surface area contributed by atoms with Crippen molar-refractivity contribution in [3.8, 4) is 17.3 Å². The molecule has 0 radical (unpaired) electrons. The number of carbonyl (C=O) groups excluding carboxylic acids is 1. The molecule has 37 heavy (non-hydrogen) atoms. The van der Waals surface area contributed by atoms with Crippen molar-refractivity contribution in [1.29, 1.82) is 0 Å². The van der Waals surface area contributed by atoms with Gasteiger partial charge in [0.1, 0.15) is 11.2 Å². The number of halogens is 2. The highest BCUT2D eigenvalue weighted by Gasteiger charge is 2.30. The van der Waals surface area contributed by atoms with Gasteiger partial charge in [0.2, 0.25) is 0 Å². The molecule has 0 aromatic carbocycles. The van der Waals surface area contributed by atoms with Crippen molar-refractivity contribution in [3.05, 3.63) is 53.0 Å². The lowest BCUT2D eigenvalue weighted by Crippen LogP contribution is -2.39. The van der Waals surface area contributed by atoms with Crippen molar-refractivity contribution >= 4 is 28.3 Å². The Morgan fingerprint density at radius 1 is 1.14 bits per heavy atom. The minimum Gasteiger partial charge on any atom is -0.347 e. The monoisotopic (exact) mass is 524 g/mol. The van der Waals surface area contributed by atoms with Gasteiger partial charge >= 0.3 is 0 Å². The Morgan fingerprint density at radius 3 is 2.70 bits per heavy atom. The van der Waals surface area contributed by atoms with E-state index in [1.165, 1.54) is 4.80 Å². The van der Waals surface area contributed by atoms with Crippen molar-refractivity contribution in [2.75, 3.05) is 0 Å². The average molecular weight is 525 g/mol. The molecule has 190 valence electrons. The molecular formula is C23H22F2N10OS. The molecule has 0 spiro atoms. The van der Waals surface area contributed by atoms with Crippen LogP contribution in [0.4, 0.5) is 8.78 Å². The first-order valence-corrected chi connectivity index (χ1v) is 12.6. The van der Waals surface area contributed by atoms with Gasteiger partial charge in [-0.3, -0.25) is 9.48 Å². The number of aryl methyl sites for hydroxylation is 1. The Balaban J connectivity index is 1.34. The zero-order chi connectivity index (χ0) is 25.5. The van der Waals surface area contributed by atoms with E-state index in [1.807, 2.05) is 19.2 Å². The fourth-order valence-corrected chi connectivity index (χ4v) is 5.52. The summed E-state index contributed by atoms with van der Waals surface area (Å²) in [4.78, 5) is 27.3. The van der Waals surface area contributed by atoms with Crippen molar-refractivity contribution in [1.82, 2.24) is 49.6 Å². The van der Waals surface area contributed by atoms with Gasteiger partial charge in [-0.1, -0.05) is 0 Å². The molecule has 5 heterocycles. The molecule has 1 aliphatic rings. The highest BCUT2D eigenvalue weighted by molar-refractivity contribution is 7.13. The zero-order valence-electron chi connectivity index (χ0n) is 19.7. The number of thiazole rings is 1. The highest BCUT2D eigenvalue weighted by atomic mass is 32.1. The van der Waals surface area contributed by atoms with Gasteiger partial charge in [-0.05, 0) is 31.7 Å². The van der Waals surface area contributed by atoms with E-state index in [-0.39, 0.29) is 22.0 Å².